The van der Waals surface area contributed by atoms with Crippen LogP contribution >= 0.6 is 11.8 Å². The van der Waals surface area contributed by atoms with E-state index >= 15 is 0 Å². The van der Waals surface area contributed by atoms with Crippen LogP contribution in [0.2, 0.25) is 0 Å². The molecule has 1 amide bonds. The van der Waals surface area contributed by atoms with Crippen molar-refractivity contribution in [1.82, 2.24) is 30.7 Å². The van der Waals surface area contributed by atoms with Gasteiger partial charge in [-0.25, -0.2) is 10.1 Å². The summed E-state index contributed by atoms with van der Waals surface area (Å²) >= 11 is 1.52. The molecule has 0 atom stereocenters. The van der Waals surface area contributed by atoms with E-state index in [4.69, 9.17) is 5.73 Å². The average molecular weight is 463 g/mol. The third kappa shape index (κ3) is 5.63. The highest BCUT2D eigenvalue weighted by Crippen LogP contribution is 2.25. The predicted octanol–water partition coefficient (Wildman–Crippen LogP) is 3.26. The van der Waals surface area contributed by atoms with E-state index in [0.717, 1.165) is 23.4 Å². The van der Waals surface area contributed by atoms with Gasteiger partial charge in [-0.2, -0.15) is 9.78 Å². The zero-order valence-corrected chi connectivity index (χ0v) is 18.7. The molecule has 0 aliphatic carbocycles. The lowest BCUT2D eigenvalue weighted by Crippen LogP contribution is -2.21. The minimum atomic E-state index is -0.473. The van der Waals surface area contributed by atoms with Crippen LogP contribution in [0, 0.1) is 0 Å². The number of anilines is 1. The van der Waals surface area contributed by atoms with Crippen LogP contribution in [0.5, 0.6) is 0 Å². The number of nitrogens with one attached hydrogen (secondary N) is 1. The number of amides is 1. The van der Waals surface area contributed by atoms with Crippen molar-refractivity contribution < 1.29 is 9.42 Å². The second-order valence-corrected chi connectivity index (χ2v) is 8.19. The van der Waals surface area contributed by atoms with E-state index in [2.05, 4.69) is 47.9 Å². The van der Waals surface area contributed by atoms with Gasteiger partial charge in [-0.05, 0) is 47.8 Å². The summed E-state index contributed by atoms with van der Waals surface area (Å²) in [5.74, 6) is 0.141. The number of nitrogen functional groups attached to an aromatic ring is 1. The Bertz CT molecular complexity index is 1240. The summed E-state index contributed by atoms with van der Waals surface area (Å²) in [6.45, 7) is 1.87. The number of nitrogens with two attached hydrogens (primary N) is 1. The molecule has 0 aliphatic heterocycles. The Labute approximate surface area is 194 Å². The highest BCUT2D eigenvalue weighted by atomic mass is 32.2. The quantitative estimate of drug-likeness (QED) is 0.220. The van der Waals surface area contributed by atoms with E-state index in [1.54, 1.807) is 0 Å². The van der Waals surface area contributed by atoms with Gasteiger partial charge in [-0.1, -0.05) is 53.7 Å². The maximum Gasteiger partial charge on any atom is 0.293 e. The first-order valence-corrected chi connectivity index (χ1v) is 11.2. The Morgan fingerprint density at radius 3 is 2.55 bits per heavy atom. The maximum atomic E-state index is 12.9. The Morgan fingerprint density at radius 2 is 1.85 bits per heavy atom. The molecule has 0 saturated carbocycles. The van der Waals surface area contributed by atoms with Crippen LogP contribution in [0.4, 0.5) is 5.82 Å². The Balaban J connectivity index is 1.50. The lowest BCUT2D eigenvalue weighted by Gasteiger charge is -2.06. The largest absolute Gasteiger partial charge is 0.378 e. The van der Waals surface area contributed by atoms with E-state index in [-0.39, 0.29) is 17.3 Å². The van der Waals surface area contributed by atoms with Crippen molar-refractivity contribution in [1.29, 1.82) is 0 Å². The molecule has 0 fully saturated rings. The molecule has 2 aromatic heterocycles. The first-order valence-electron chi connectivity index (χ1n) is 10.2. The fourth-order valence-electron chi connectivity index (χ4n) is 3.01. The third-order valence-corrected chi connectivity index (χ3v) is 5.78. The molecule has 0 saturated heterocycles. The number of carbonyl (C=O) groups is 1. The molecule has 4 rings (SSSR count). The molecule has 0 bridgehead atoms. The Morgan fingerprint density at radius 1 is 1.12 bits per heavy atom. The second-order valence-electron chi connectivity index (χ2n) is 7.14. The normalized spacial score (nSPS) is 11.5. The molecule has 168 valence electrons. The van der Waals surface area contributed by atoms with Gasteiger partial charge in [0.05, 0.1) is 5.69 Å². The van der Waals surface area contributed by atoms with Crippen LogP contribution in [0.25, 0.3) is 5.82 Å². The summed E-state index contributed by atoms with van der Waals surface area (Å²) in [5, 5.41) is 19.7. The second kappa shape index (κ2) is 10.6. The number of aryl methyl sites for hydroxylation is 1. The fourth-order valence-corrected chi connectivity index (χ4v) is 3.92. The van der Waals surface area contributed by atoms with Crippen LogP contribution in [0.15, 0.2) is 75.3 Å². The number of aromatic nitrogens is 5. The number of nitrogens with zero attached hydrogens (tertiary/aromatic N) is 6. The van der Waals surface area contributed by atoms with Gasteiger partial charge in [-0.15, -0.1) is 16.9 Å². The van der Waals surface area contributed by atoms with Crippen molar-refractivity contribution in [2.24, 2.45) is 5.10 Å². The predicted molar refractivity (Wildman–Crippen MR) is 125 cm³/mol. The molecule has 3 N–H and O–H groups in total. The lowest BCUT2D eigenvalue weighted by atomic mass is 10.1. The Kier molecular flexibility index (Phi) is 7.10. The maximum absolute atomic E-state index is 12.9. The third-order valence-electron chi connectivity index (χ3n) is 4.76. The number of hydrogen-bond acceptors (Lipinski definition) is 9. The van der Waals surface area contributed by atoms with Crippen molar-refractivity contribution >= 4 is 29.2 Å². The number of benzene rings is 2. The number of hydrazone groups is 1. The van der Waals surface area contributed by atoms with Gasteiger partial charge in [0.1, 0.15) is 0 Å². The van der Waals surface area contributed by atoms with Crippen LogP contribution in [0.1, 0.15) is 35.1 Å². The number of hydrogen-bond donors (Lipinski definition) is 2. The Hall–Kier alpha value is -3.99. The minimum absolute atomic E-state index is 0.0487. The average Bonchev–Trinajstić information content (AvgIpc) is 3.46. The van der Waals surface area contributed by atoms with E-state index in [1.807, 2.05) is 55.5 Å². The molecular formula is C22H22N8O2S. The van der Waals surface area contributed by atoms with Crippen molar-refractivity contribution in [3.63, 3.8) is 0 Å². The van der Waals surface area contributed by atoms with Gasteiger partial charge in [0, 0.05) is 16.4 Å². The molecule has 0 aliphatic rings. The summed E-state index contributed by atoms with van der Waals surface area (Å²) in [6.07, 6.45) is 1.55. The zero-order chi connectivity index (χ0) is 23.0. The van der Waals surface area contributed by atoms with E-state index in [1.165, 1.54) is 22.0 Å². The van der Waals surface area contributed by atoms with Crippen LogP contribution < -0.4 is 11.2 Å². The number of carbonyl (C=O) groups excluding carboxylic acids is 1. The van der Waals surface area contributed by atoms with Gasteiger partial charge < -0.3 is 5.73 Å². The molecule has 0 radical (unpaired) electrons. The SMILES string of the molecule is CC(CCc1ccccc1)=NNC(=O)c1nnn(-c2nonc2N)c1CSc1ccccc1. The summed E-state index contributed by atoms with van der Waals surface area (Å²) < 4.78 is 6.05. The van der Waals surface area contributed by atoms with E-state index in [9.17, 15) is 4.79 Å². The summed E-state index contributed by atoms with van der Waals surface area (Å²) in [6, 6.07) is 19.9. The molecule has 33 heavy (non-hydrogen) atoms. The van der Waals surface area contributed by atoms with Crippen molar-refractivity contribution in [2.75, 3.05) is 5.73 Å². The monoisotopic (exact) mass is 462 g/mol. The molecule has 2 aromatic carbocycles. The topological polar surface area (TPSA) is 137 Å². The highest BCUT2D eigenvalue weighted by molar-refractivity contribution is 7.98. The molecule has 10 nitrogen and oxygen atoms in total. The molecule has 4 aromatic rings. The lowest BCUT2D eigenvalue weighted by molar-refractivity contribution is 0.0949. The molecule has 0 unspecified atom stereocenters. The first kappa shape index (κ1) is 22.2. The first-order chi connectivity index (χ1) is 16.1. The van der Waals surface area contributed by atoms with Gasteiger partial charge in [0.2, 0.25) is 11.6 Å². The van der Waals surface area contributed by atoms with Gasteiger partial charge in [0.15, 0.2) is 5.69 Å². The molecular weight excluding hydrogens is 440 g/mol. The van der Waals surface area contributed by atoms with Gasteiger partial charge in [0.25, 0.3) is 5.91 Å². The van der Waals surface area contributed by atoms with Crippen molar-refractivity contribution in [2.45, 2.75) is 30.4 Å². The van der Waals surface area contributed by atoms with Gasteiger partial charge in [-0.3, -0.25) is 4.79 Å². The molecule has 0 spiro atoms. The standard InChI is InChI=1S/C22H22N8O2S/c1-15(12-13-16-8-4-2-5-9-16)24-26-22(31)19-18(14-33-17-10-6-3-7-11-17)30(29-25-19)21-20(23)27-32-28-21/h2-11H,12-14H2,1H3,(H2,23,27)(H,26,31). The van der Waals surface area contributed by atoms with Crippen molar-refractivity contribution in [3.05, 3.63) is 77.6 Å². The minimum Gasteiger partial charge on any atom is -0.378 e. The smallest absolute Gasteiger partial charge is 0.293 e. The highest BCUT2D eigenvalue weighted by Gasteiger charge is 2.24. The molecule has 2 heterocycles. The zero-order valence-electron chi connectivity index (χ0n) is 17.9. The van der Waals surface area contributed by atoms with Crippen LogP contribution in [-0.4, -0.2) is 36.9 Å². The van der Waals surface area contributed by atoms with Crippen LogP contribution in [-0.2, 0) is 12.2 Å². The summed E-state index contributed by atoms with van der Waals surface area (Å²) in [7, 11) is 0. The summed E-state index contributed by atoms with van der Waals surface area (Å²) in [4.78, 5) is 13.9. The van der Waals surface area contributed by atoms with E-state index < -0.39 is 5.91 Å². The number of rotatable bonds is 9. The number of thioether (sulfide) groups is 1. The van der Waals surface area contributed by atoms with Crippen molar-refractivity contribution in [3.8, 4) is 5.82 Å². The fraction of sp³-hybridized carbons (Fsp3) is 0.182. The summed E-state index contributed by atoms with van der Waals surface area (Å²) in [5.41, 5.74) is 11.0. The van der Waals surface area contributed by atoms with Crippen LogP contribution in [0.3, 0.4) is 0 Å². The molecule has 11 heteroatoms. The van der Waals surface area contributed by atoms with E-state index in [0.29, 0.717) is 11.4 Å². The van der Waals surface area contributed by atoms with Gasteiger partial charge >= 0.3 is 0 Å².